The number of carbonyl (C=O) groups excluding carboxylic acids is 1. The smallest absolute Gasteiger partial charge is 0.245 e. The molecule has 0 fully saturated rings. The predicted molar refractivity (Wildman–Crippen MR) is 110 cm³/mol. The molecule has 0 atom stereocenters. The normalized spacial score (nSPS) is 10.8. The van der Waals surface area contributed by atoms with Gasteiger partial charge in [0.25, 0.3) is 0 Å². The quantitative estimate of drug-likeness (QED) is 0.658. The van der Waals surface area contributed by atoms with Crippen molar-refractivity contribution in [1.29, 1.82) is 0 Å². The Morgan fingerprint density at radius 1 is 0.897 bits per heavy atom. The summed E-state index contributed by atoms with van der Waals surface area (Å²) in [6.45, 7) is -0.475. The van der Waals surface area contributed by atoms with E-state index in [0.717, 1.165) is 10.6 Å². The standard InChI is InChI=1S/C19H24N2O7S/c1-25-13-7-9-17(27-3)16(10-13)21(29(5,23)24)12-19(22)20-15-8-6-14(26-2)11-18(15)28-4/h6-11H,12H2,1-5H3,(H,20,22). The van der Waals surface area contributed by atoms with Gasteiger partial charge < -0.3 is 24.3 Å². The van der Waals surface area contributed by atoms with Crippen LogP contribution >= 0.6 is 0 Å². The highest BCUT2D eigenvalue weighted by Gasteiger charge is 2.25. The summed E-state index contributed by atoms with van der Waals surface area (Å²) in [5.74, 6) is 1.07. The topological polar surface area (TPSA) is 103 Å². The number of carbonyl (C=O) groups is 1. The first-order valence-corrected chi connectivity index (χ1v) is 10.3. The van der Waals surface area contributed by atoms with Crippen molar-refractivity contribution in [3.8, 4) is 23.0 Å². The summed E-state index contributed by atoms with van der Waals surface area (Å²) in [7, 11) is 2.03. The molecular weight excluding hydrogens is 400 g/mol. The van der Waals surface area contributed by atoms with Crippen LogP contribution in [0.5, 0.6) is 23.0 Å². The van der Waals surface area contributed by atoms with Crippen molar-refractivity contribution in [3.63, 3.8) is 0 Å². The minimum Gasteiger partial charge on any atom is -0.497 e. The molecule has 2 rings (SSSR count). The second kappa shape index (κ2) is 9.37. The van der Waals surface area contributed by atoms with E-state index in [-0.39, 0.29) is 11.4 Å². The summed E-state index contributed by atoms with van der Waals surface area (Å²) in [5.41, 5.74) is 0.565. The van der Waals surface area contributed by atoms with Gasteiger partial charge in [-0.2, -0.15) is 0 Å². The average molecular weight is 424 g/mol. The number of rotatable bonds is 9. The van der Waals surface area contributed by atoms with Gasteiger partial charge in [-0.3, -0.25) is 9.10 Å². The zero-order chi connectivity index (χ0) is 21.6. The minimum atomic E-state index is -3.80. The first-order chi connectivity index (χ1) is 13.7. The number of nitrogens with zero attached hydrogens (tertiary/aromatic N) is 1. The third-order valence-corrected chi connectivity index (χ3v) is 5.15. The number of hydrogen-bond donors (Lipinski definition) is 1. The average Bonchev–Trinajstić information content (AvgIpc) is 2.70. The number of hydrogen-bond acceptors (Lipinski definition) is 7. The Morgan fingerprint density at radius 3 is 2.03 bits per heavy atom. The molecule has 0 heterocycles. The number of anilines is 2. The number of amides is 1. The highest BCUT2D eigenvalue weighted by Crippen LogP contribution is 2.34. The molecule has 1 N–H and O–H groups in total. The number of sulfonamides is 1. The van der Waals surface area contributed by atoms with E-state index in [4.69, 9.17) is 18.9 Å². The van der Waals surface area contributed by atoms with Crippen LogP contribution in [0.4, 0.5) is 11.4 Å². The van der Waals surface area contributed by atoms with E-state index in [1.165, 1.54) is 34.5 Å². The number of ether oxygens (including phenoxy) is 4. The van der Waals surface area contributed by atoms with Crippen LogP contribution in [0, 0.1) is 0 Å². The molecule has 9 nitrogen and oxygen atoms in total. The maximum Gasteiger partial charge on any atom is 0.245 e. The Hall–Kier alpha value is -3.14. The molecule has 0 bridgehead atoms. The SMILES string of the molecule is COc1ccc(NC(=O)CN(c2cc(OC)ccc2OC)S(C)(=O)=O)c(OC)c1. The number of nitrogens with one attached hydrogen (secondary N) is 1. The summed E-state index contributed by atoms with van der Waals surface area (Å²) >= 11 is 0. The van der Waals surface area contributed by atoms with E-state index in [0.29, 0.717) is 22.9 Å². The van der Waals surface area contributed by atoms with E-state index >= 15 is 0 Å². The van der Waals surface area contributed by atoms with Crippen molar-refractivity contribution in [3.05, 3.63) is 36.4 Å². The van der Waals surface area contributed by atoms with Gasteiger partial charge in [-0.05, 0) is 24.3 Å². The fourth-order valence-corrected chi connectivity index (χ4v) is 3.45. The van der Waals surface area contributed by atoms with Crippen LogP contribution in [-0.4, -0.2) is 55.6 Å². The number of methoxy groups -OCH3 is 4. The van der Waals surface area contributed by atoms with Gasteiger partial charge in [-0.25, -0.2) is 8.42 Å². The molecular formula is C19H24N2O7S. The van der Waals surface area contributed by atoms with Crippen LogP contribution in [0.25, 0.3) is 0 Å². The van der Waals surface area contributed by atoms with Gasteiger partial charge in [-0.1, -0.05) is 0 Å². The fourth-order valence-electron chi connectivity index (χ4n) is 2.59. The van der Waals surface area contributed by atoms with Crippen LogP contribution in [-0.2, 0) is 14.8 Å². The molecule has 158 valence electrons. The third-order valence-electron chi connectivity index (χ3n) is 4.03. The Kier molecular flexibility index (Phi) is 7.16. The lowest BCUT2D eigenvalue weighted by atomic mass is 10.2. The molecule has 0 aliphatic heterocycles. The van der Waals surface area contributed by atoms with E-state index in [1.807, 2.05) is 0 Å². The Bertz CT molecular complexity index is 977. The highest BCUT2D eigenvalue weighted by atomic mass is 32.2. The summed E-state index contributed by atoms with van der Waals surface area (Å²) < 4.78 is 46.5. The second-order valence-corrected chi connectivity index (χ2v) is 7.83. The lowest BCUT2D eigenvalue weighted by Gasteiger charge is -2.24. The third kappa shape index (κ3) is 5.44. The Morgan fingerprint density at radius 2 is 1.48 bits per heavy atom. The zero-order valence-electron chi connectivity index (χ0n) is 16.9. The van der Waals surface area contributed by atoms with Crippen molar-refractivity contribution >= 4 is 27.3 Å². The lowest BCUT2D eigenvalue weighted by Crippen LogP contribution is -2.37. The molecule has 0 aliphatic carbocycles. The van der Waals surface area contributed by atoms with E-state index in [1.54, 1.807) is 30.3 Å². The highest BCUT2D eigenvalue weighted by molar-refractivity contribution is 7.92. The maximum atomic E-state index is 12.6. The van der Waals surface area contributed by atoms with Crippen molar-refractivity contribution in [2.24, 2.45) is 0 Å². The summed E-state index contributed by atoms with van der Waals surface area (Å²) in [6.07, 6.45) is 1.01. The van der Waals surface area contributed by atoms with Gasteiger partial charge in [0.2, 0.25) is 15.9 Å². The van der Waals surface area contributed by atoms with E-state index < -0.39 is 22.5 Å². The monoisotopic (exact) mass is 424 g/mol. The number of benzene rings is 2. The molecule has 0 aromatic heterocycles. The molecule has 1 amide bonds. The van der Waals surface area contributed by atoms with Gasteiger partial charge in [0, 0.05) is 12.1 Å². The summed E-state index contributed by atoms with van der Waals surface area (Å²) in [6, 6.07) is 9.54. The summed E-state index contributed by atoms with van der Waals surface area (Å²) in [4.78, 5) is 12.6. The van der Waals surface area contributed by atoms with Gasteiger partial charge >= 0.3 is 0 Å². The fraction of sp³-hybridized carbons (Fsp3) is 0.316. The molecule has 0 saturated carbocycles. The molecule has 0 aliphatic rings. The molecule has 0 unspecified atom stereocenters. The van der Waals surface area contributed by atoms with Gasteiger partial charge in [0.05, 0.1) is 46.1 Å². The van der Waals surface area contributed by atoms with Gasteiger partial charge in [0.15, 0.2) is 0 Å². The lowest BCUT2D eigenvalue weighted by molar-refractivity contribution is -0.114. The van der Waals surface area contributed by atoms with Crippen molar-refractivity contribution in [2.75, 3.05) is 50.9 Å². The van der Waals surface area contributed by atoms with Crippen LogP contribution < -0.4 is 28.6 Å². The van der Waals surface area contributed by atoms with Crippen molar-refractivity contribution in [2.45, 2.75) is 0 Å². The van der Waals surface area contributed by atoms with Gasteiger partial charge in [-0.15, -0.1) is 0 Å². The van der Waals surface area contributed by atoms with Crippen LogP contribution in [0.3, 0.4) is 0 Å². The Labute approximate surface area is 170 Å². The second-order valence-electron chi connectivity index (χ2n) is 5.92. The predicted octanol–water partition coefficient (Wildman–Crippen LogP) is 2.13. The zero-order valence-corrected chi connectivity index (χ0v) is 17.7. The minimum absolute atomic E-state index is 0.186. The molecule has 2 aromatic rings. The van der Waals surface area contributed by atoms with Crippen molar-refractivity contribution < 1.29 is 32.2 Å². The molecule has 2 aromatic carbocycles. The van der Waals surface area contributed by atoms with Gasteiger partial charge in [0.1, 0.15) is 29.5 Å². The van der Waals surface area contributed by atoms with Crippen LogP contribution in [0.2, 0.25) is 0 Å². The van der Waals surface area contributed by atoms with Crippen molar-refractivity contribution in [1.82, 2.24) is 0 Å². The largest absolute Gasteiger partial charge is 0.497 e. The first-order valence-electron chi connectivity index (χ1n) is 8.45. The molecule has 29 heavy (non-hydrogen) atoms. The van der Waals surface area contributed by atoms with E-state index in [2.05, 4.69) is 5.32 Å². The first kappa shape index (κ1) is 22.2. The van der Waals surface area contributed by atoms with E-state index in [9.17, 15) is 13.2 Å². The summed E-state index contributed by atoms with van der Waals surface area (Å²) in [5, 5.41) is 2.65. The molecule has 10 heteroatoms. The molecule has 0 spiro atoms. The maximum absolute atomic E-state index is 12.6. The van der Waals surface area contributed by atoms with Crippen LogP contribution in [0.15, 0.2) is 36.4 Å². The molecule has 0 saturated heterocycles. The molecule has 0 radical (unpaired) electrons. The Balaban J connectivity index is 2.34. The van der Waals surface area contributed by atoms with Crippen LogP contribution in [0.1, 0.15) is 0 Å².